The maximum Gasteiger partial charge on any atom is 0.573 e. The number of nitrogens with one attached hydrogen (secondary N) is 1. The highest BCUT2D eigenvalue weighted by Crippen LogP contribution is 2.33. The molecule has 0 aliphatic carbocycles. The molecule has 226 valence electrons. The second-order valence-corrected chi connectivity index (χ2v) is 9.98. The van der Waals surface area contributed by atoms with Crippen molar-refractivity contribution in [2.45, 2.75) is 58.5 Å². The van der Waals surface area contributed by atoms with Gasteiger partial charge in [-0.25, -0.2) is 9.07 Å². The molecule has 1 heterocycles. The Bertz CT molecular complexity index is 1390. The highest BCUT2D eigenvalue weighted by atomic mass is 19.4. The van der Waals surface area contributed by atoms with Crippen molar-refractivity contribution >= 4 is 11.8 Å². The number of ether oxygens (including phenoxy) is 2. The van der Waals surface area contributed by atoms with Crippen LogP contribution < -0.4 is 14.8 Å². The minimum atomic E-state index is -4.87. The third kappa shape index (κ3) is 9.09. The number of alkyl halides is 3. The second-order valence-electron chi connectivity index (χ2n) is 9.98. The zero-order valence-electron chi connectivity index (χ0n) is 23.0. The van der Waals surface area contributed by atoms with E-state index in [1.54, 1.807) is 20.8 Å². The lowest BCUT2D eigenvalue weighted by molar-refractivity contribution is -0.274. The average molecular weight is 595 g/mol. The number of nitroso groups, excluding NO2 is 1. The van der Waals surface area contributed by atoms with Gasteiger partial charge in [-0.2, -0.15) is 5.10 Å². The van der Waals surface area contributed by atoms with Crippen LogP contribution in [0.1, 0.15) is 61.1 Å². The monoisotopic (exact) mass is 594 g/mol. The Kier molecular flexibility index (Phi) is 10.8. The molecule has 1 aromatic heterocycles. The molecular formula is C28H30F4N4O6. The van der Waals surface area contributed by atoms with Gasteiger partial charge in [-0.1, -0.05) is 32.9 Å². The molecule has 14 heteroatoms. The zero-order valence-corrected chi connectivity index (χ0v) is 23.0. The number of hydrogen-bond donors (Lipinski definition) is 2. The van der Waals surface area contributed by atoms with Crippen LogP contribution in [0.4, 0.5) is 17.6 Å². The van der Waals surface area contributed by atoms with Crippen LogP contribution in [-0.2, 0) is 11.3 Å². The minimum absolute atomic E-state index is 0.0440. The fourth-order valence-electron chi connectivity index (χ4n) is 4.24. The fraction of sp³-hybridized carbons (Fsp3) is 0.393. The lowest BCUT2D eigenvalue weighted by Gasteiger charge is -2.18. The standard InChI is InChI=1S/C28H30F4N4O6/c1-16(2)24-25(26(39)33-14-18-5-4-6-22(13-18)42-28(30,31)32)34-36(20-9-7-19(29)8-10-20)27(24)41-15-21(37)11-17(3)12-23(38)35-40/h4-10,13,16-17,21,37H,11-12,14-15H2,1-3H3,(H,33,39)/t17-,21+/m1/s1. The van der Waals surface area contributed by atoms with Gasteiger partial charge >= 0.3 is 6.36 Å². The predicted molar refractivity (Wildman–Crippen MR) is 143 cm³/mol. The molecule has 0 aliphatic rings. The smallest absolute Gasteiger partial charge is 0.475 e. The molecule has 0 unspecified atom stereocenters. The van der Waals surface area contributed by atoms with Crippen LogP contribution in [0.15, 0.2) is 53.7 Å². The lowest BCUT2D eigenvalue weighted by atomic mass is 10.00. The number of aliphatic hydroxyl groups excluding tert-OH is 1. The SMILES string of the molecule is CC(C)c1c(C(=O)NCc2cccc(OC(F)(F)F)c2)nn(-c2ccc(F)cc2)c1OC[C@@H](O)C[C@@H](C)CC(=O)N=O. The number of benzene rings is 2. The molecule has 0 radical (unpaired) electrons. The van der Waals surface area contributed by atoms with E-state index >= 15 is 0 Å². The number of rotatable bonds is 13. The minimum Gasteiger partial charge on any atom is -0.475 e. The van der Waals surface area contributed by atoms with Crippen molar-refractivity contribution in [3.63, 3.8) is 0 Å². The topological polar surface area (TPSA) is 132 Å². The number of aliphatic hydroxyl groups is 1. The highest BCUT2D eigenvalue weighted by Gasteiger charge is 2.31. The van der Waals surface area contributed by atoms with Crippen molar-refractivity contribution in [2.75, 3.05) is 6.61 Å². The van der Waals surface area contributed by atoms with E-state index in [-0.39, 0.29) is 49.4 Å². The Morgan fingerprint density at radius 2 is 1.81 bits per heavy atom. The summed E-state index contributed by atoms with van der Waals surface area (Å²) in [5, 5.41) is 19.9. The van der Waals surface area contributed by atoms with Gasteiger partial charge in [0.2, 0.25) is 5.88 Å². The average Bonchev–Trinajstić information content (AvgIpc) is 3.30. The van der Waals surface area contributed by atoms with Crippen molar-refractivity contribution in [3.05, 3.63) is 76.1 Å². The molecule has 0 spiro atoms. The van der Waals surface area contributed by atoms with Crippen LogP contribution in [0.3, 0.4) is 0 Å². The quantitative estimate of drug-likeness (QED) is 0.200. The molecule has 2 N–H and O–H groups in total. The molecule has 0 saturated carbocycles. The van der Waals surface area contributed by atoms with Gasteiger partial charge in [0.05, 0.1) is 11.8 Å². The van der Waals surface area contributed by atoms with E-state index in [1.807, 2.05) is 0 Å². The van der Waals surface area contributed by atoms with Crippen LogP contribution in [0, 0.1) is 16.6 Å². The van der Waals surface area contributed by atoms with Gasteiger partial charge in [-0.15, -0.1) is 18.1 Å². The van der Waals surface area contributed by atoms with Crippen molar-refractivity contribution in [1.29, 1.82) is 0 Å². The number of amides is 2. The summed E-state index contributed by atoms with van der Waals surface area (Å²) >= 11 is 0. The van der Waals surface area contributed by atoms with E-state index in [0.717, 1.165) is 12.1 Å². The second kappa shape index (κ2) is 14.0. The van der Waals surface area contributed by atoms with Gasteiger partial charge in [0, 0.05) is 23.7 Å². The van der Waals surface area contributed by atoms with Gasteiger partial charge < -0.3 is 19.9 Å². The van der Waals surface area contributed by atoms with Crippen molar-refractivity contribution < 1.29 is 41.7 Å². The van der Waals surface area contributed by atoms with Crippen LogP contribution in [0.25, 0.3) is 5.69 Å². The Balaban J connectivity index is 1.87. The molecule has 10 nitrogen and oxygen atoms in total. The van der Waals surface area contributed by atoms with Crippen LogP contribution in [-0.4, -0.2) is 45.8 Å². The van der Waals surface area contributed by atoms with E-state index in [0.29, 0.717) is 16.8 Å². The van der Waals surface area contributed by atoms with Crippen molar-refractivity contribution in [1.82, 2.24) is 15.1 Å². The molecule has 2 amide bonds. The van der Waals surface area contributed by atoms with E-state index in [1.165, 1.54) is 41.1 Å². The summed E-state index contributed by atoms with van der Waals surface area (Å²) in [6.07, 6.45) is -5.94. The molecular weight excluding hydrogens is 564 g/mol. The van der Waals surface area contributed by atoms with Crippen LogP contribution >= 0.6 is 0 Å². The van der Waals surface area contributed by atoms with Gasteiger partial charge in [0.15, 0.2) is 5.69 Å². The predicted octanol–water partition coefficient (Wildman–Crippen LogP) is 5.41. The highest BCUT2D eigenvalue weighted by molar-refractivity contribution is 5.94. The maximum absolute atomic E-state index is 13.6. The first kappa shape index (κ1) is 32.2. The van der Waals surface area contributed by atoms with Gasteiger partial charge in [-0.3, -0.25) is 9.59 Å². The lowest BCUT2D eigenvalue weighted by Crippen LogP contribution is -2.25. The Morgan fingerprint density at radius 1 is 1.12 bits per heavy atom. The van der Waals surface area contributed by atoms with E-state index in [9.17, 15) is 37.2 Å². The van der Waals surface area contributed by atoms with E-state index in [2.05, 4.69) is 20.3 Å². The molecule has 2 aromatic carbocycles. The van der Waals surface area contributed by atoms with E-state index in [4.69, 9.17) is 4.74 Å². The molecule has 42 heavy (non-hydrogen) atoms. The largest absolute Gasteiger partial charge is 0.573 e. The fourth-order valence-corrected chi connectivity index (χ4v) is 4.24. The summed E-state index contributed by atoms with van der Waals surface area (Å²) in [7, 11) is 0. The van der Waals surface area contributed by atoms with Gasteiger partial charge in [-0.05, 0) is 60.2 Å². The number of hydrogen-bond acceptors (Lipinski definition) is 7. The summed E-state index contributed by atoms with van der Waals surface area (Å²) in [4.78, 5) is 35.0. The summed E-state index contributed by atoms with van der Waals surface area (Å²) < 4.78 is 62.6. The normalized spacial score (nSPS) is 13.0. The molecule has 3 aromatic rings. The third-order valence-corrected chi connectivity index (χ3v) is 6.04. The number of nitrogens with zero attached hydrogens (tertiary/aromatic N) is 3. The molecule has 0 saturated heterocycles. The zero-order chi connectivity index (χ0) is 31.0. The Labute approximate surface area is 238 Å². The summed E-state index contributed by atoms with van der Waals surface area (Å²) in [5.41, 5.74) is 1.02. The number of aromatic nitrogens is 2. The Hall–Kier alpha value is -4.33. The number of carbonyl (C=O) groups excluding carboxylic acids is 2. The maximum atomic E-state index is 13.6. The number of halogens is 4. The Morgan fingerprint density at radius 3 is 2.43 bits per heavy atom. The van der Waals surface area contributed by atoms with Crippen molar-refractivity contribution in [3.8, 4) is 17.3 Å². The summed E-state index contributed by atoms with van der Waals surface area (Å²) in [6, 6.07) is 10.4. The van der Waals surface area contributed by atoms with E-state index < -0.39 is 35.8 Å². The first-order valence-corrected chi connectivity index (χ1v) is 13.0. The van der Waals surface area contributed by atoms with Gasteiger partial charge in [0.25, 0.3) is 11.8 Å². The third-order valence-electron chi connectivity index (χ3n) is 6.04. The molecule has 0 fully saturated rings. The number of carbonyl (C=O) groups is 2. The summed E-state index contributed by atoms with van der Waals surface area (Å²) in [6.45, 7) is 4.83. The molecule has 2 atom stereocenters. The molecule has 3 rings (SSSR count). The van der Waals surface area contributed by atoms with Crippen molar-refractivity contribution in [2.24, 2.45) is 11.1 Å². The van der Waals surface area contributed by atoms with Crippen LogP contribution in [0.5, 0.6) is 11.6 Å². The van der Waals surface area contributed by atoms with Crippen LogP contribution in [0.2, 0.25) is 0 Å². The molecule has 0 aliphatic heterocycles. The van der Waals surface area contributed by atoms with Gasteiger partial charge in [0.1, 0.15) is 18.2 Å². The summed E-state index contributed by atoms with van der Waals surface area (Å²) in [5.74, 6) is -3.00. The first-order valence-electron chi connectivity index (χ1n) is 13.0. The molecule has 0 bridgehead atoms. The first-order chi connectivity index (χ1) is 19.8.